The summed E-state index contributed by atoms with van der Waals surface area (Å²) in [5.41, 5.74) is -0.611. The fourth-order valence-electron chi connectivity index (χ4n) is 5.39. The maximum Gasteiger partial charge on any atom is 0.424 e. The highest BCUT2D eigenvalue weighted by Gasteiger charge is 2.48. The quantitative estimate of drug-likeness (QED) is 0.195. The van der Waals surface area contributed by atoms with E-state index in [0.29, 0.717) is 6.42 Å². The zero-order valence-corrected chi connectivity index (χ0v) is 25.0. The molecule has 2 aromatic rings. The van der Waals surface area contributed by atoms with Crippen LogP contribution in [0.4, 0.5) is 4.79 Å². The van der Waals surface area contributed by atoms with Crippen LogP contribution in [0.1, 0.15) is 66.8 Å². The summed E-state index contributed by atoms with van der Waals surface area (Å²) in [4.78, 5) is 78.9. The molecule has 2 heterocycles. The first-order valence-electron chi connectivity index (χ1n) is 14.3. The third-order valence-electron chi connectivity index (χ3n) is 7.52. The van der Waals surface area contributed by atoms with Crippen molar-refractivity contribution in [3.05, 3.63) is 76.9 Å². The summed E-state index contributed by atoms with van der Waals surface area (Å²) in [7, 11) is 0. The van der Waals surface area contributed by atoms with Gasteiger partial charge in [0.05, 0.1) is 17.2 Å². The van der Waals surface area contributed by atoms with Gasteiger partial charge in [-0.3, -0.25) is 19.3 Å². The van der Waals surface area contributed by atoms with E-state index in [1.807, 2.05) is 6.07 Å². The standard InChI is InChI=1S/C32H35N3O9/c1-20(24(18-36)29(39)40)26(35-27(37)22-13-8-9-14-23(22)28(35)38)17-34-25(30(41)44-32(2,3)4)15-10-16-33(34)31(42)43-19-21-11-6-5-7-12-21/h5-9,11-14,20,25-26H,10,15-17,19H2,1-4H3,(H,39,40). The Labute approximate surface area is 254 Å². The highest BCUT2D eigenvalue weighted by atomic mass is 16.6. The summed E-state index contributed by atoms with van der Waals surface area (Å²) < 4.78 is 11.2. The Bertz CT molecular complexity index is 1460. The number of esters is 1. The number of hydrogen-bond donors (Lipinski definition) is 1. The number of carboxylic acid groups (broad SMARTS) is 1. The van der Waals surface area contributed by atoms with Gasteiger partial charge in [-0.15, -0.1) is 0 Å². The summed E-state index contributed by atoms with van der Waals surface area (Å²) in [5, 5.41) is 12.3. The first-order chi connectivity index (χ1) is 20.8. The molecule has 0 radical (unpaired) electrons. The minimum atomic E-state index is -1.57. The van der Waals surface area contributed by atoms with Crippen molar-refractivity contribution in [1.82, 2.24) is 14.9 Å². The Balaban J connectivity index is 1.75. The predicted molar refractivity (Wildman–Crippen MR) is 156 cm³/mol. The van der Waals surface area contributed by atoms with E-state index < -0.39 is 59.0 Å². The molecule has 12 heteroatoms. The number of nitrogens with zero attached hydrogens (tertiary/aromatic N) is 3. The van der Waals surface area contributed by atoms with E-state index in [-0.39, 0.29) is 37.2 Å². The number of carbonyl (C=O) groups excluding carboxylic acids is 5. The molecule has 1 fully saturated rings. The van der Waals surface area contributed by atoms with Crippen molar-refractivity contribution in [3.63, 3.8) is 0 Å². The molecule has 232 valence electrons. The summed E-state index contributed by atoms with van der Waals surface area (Å²) in [6.07, 6.45) is -0.126. The largest absolute Gasteiger partial charge is 0.477 e. The van der Waals surface area contributed by atoms with Gasteiger partial charge in [0, 0.05) is 19.0 Å². The molecule has 0 spiro atoms. The highest BCUT2D eigenvalue weighted by Crippen LogP contribution is 2.32. The predicted octanol–water partition coefficient (Wildman–Crippen LogP) is 3.49. The lowest BCUT2D eigenvalue weighted by atomic mass is 9.91. The van der Waals surface area contributed by atoms with Crippen molar-refractivity contribution in [2.24, 2.45) is 5.92 Å². The number of imide groups is 1. The summed E-state index contributed by atoms with van der Waals surface area (Å²) in [5.74, 6) is -3.42. The number of aliphatic carboxylic acids is 1. The lowest BCUT2D eigenvalue weighted by Crippen LogP contribution is -2.63. The first-order valence-corrected chi connectivity index (χ1v) is 14.3. The molecule has 2 aliphatic heterocycles. The molecule has 0 aromatic heterocycles. The van der Waals surface area contributed by atoms with E-state index in [4.69, 9.17) is 9.47 Å². The summed E-state index contributed by atoms with van der Waals surface area (Å²) in [6, 6.07) is 12.8. The number of ether oxygens (including phenoxy) is 2. The number of carboxylic acids is 1. The van der Waals surface area contributed by atoms with E-state index in [0.717, 1.165) is 10.5 Å². The Morgan fingerprint density at radius 1 is 1.00 bits per heavy atom. The van der Waals surface area contributed by atoms with Gasteiger partial charge >= 0.3 is 18.0 Å². The second kappa shape index (κ2) is 13.2. The van der Waals surface area contributed by atoms with Crippen molar-refractivity contribution in [2.75, 3.05) is 13.1 Å². The van der Waals surface area contributed by atoms with Crippen LogP contribution in [0.2, 0.25) is 0 Å². The second-order valence-corrected chi connectivity index (χ2v) is 11.7. The average molecular weight is 606 g/mol. The average Bonchev–Trinajstić information content (AvgIpc) is 3.23. The molecule has 3 amide bonds. The normalized spacial score (nSPS) is 18.2. The summed E-state index contributed by atoms with van der Waals surface area (Å²) in [6.45, 7) is 6.16. The lowest BCUT2D eigenvalue weighted by molar-refractivity contribution is -0.174. The maximum absolute atomic E-state index is 13.6. The van der Waals surface area contributed by atoms with Gasteiger partial charge in [0.25, 0.3) is 11.8 Å². The van der Waals surface area contributed by atoms with Gasteiger partial charge in [0.2, 0.25) is 0 Å². The molecule has 1 saturated heterocycles. The van der Waals surface area contributed by atoms with Crippen molar-refractivity contribution in [1.29, 1.82) is 0 Å². The van der Waals surface area contributed by atoms with Crippen LogP contribution < -0.4 is 0 Å². The molecular weight excluding hydrogens is 570 g/mol. The molecule has 0 saturated carbocycles. The Hall–Kier alpha value is -4.80. The smallest absolute Gasteiger partial charge is 0.424 e. The van der Waals surface area contributed by atoms with Gasteiger partial charge in [-0.1, -0.05) is 49.4 Å². The van der Waals surface area contributed by atoms with Crippen molar-refractivity contribution >= 4 is 35.8 Å². The lowest BCUT2D eigenvalue weighted by Gasteiger charge is -2.45. The number of amides is 3. The van der Waals surface area contributed by atoms with Crippen molar-refractivity contribution in [2.45, 2.75) is 64.8 Å². The van der Waals surface area contributed by atoms with Crippen LogP contribution in [0.25, 0.3) is 0 Å². The number of benzene rings is 2. The summed E-state index contributed by atoms with van der Waals surface area (Å²) >= 11 is 0. The topological polar surface area (TPSA) is 151 Å². The Morgan fingerprint density at radius 3 is 2.14 bits per heavy atom. The van der Waals surface area contributed by atoms with Crippen LogP contribution in [-0.4, -0.2) is 86.6 Å². The second-order valence-electron chi connectivity index (χ2n) is 11.7. The number of rotatable bonds is 9. The van der Waals surface area contributed by atoms with E-state index in [9.17, 15) is 33.9 Å². The molecule has 12 nitrogen and oxygen atoms in total. The van der Waals surface area contributed by atoms with Gasteiger partial charge in [-0.2, -0.15) is 5.01 Å². The van der Waals surface area contributed by atoms with E-state index >= 15 is 0 Å². The zero-order valence-electron chi connectivity index (χ0n) is 25.0. The molecule has 0 aliphatic carbocycles. The SMILES string of the molecule is CC(C(=C=O)C(=O)O)C(CN1C(C(=O)OC(C)(C)C)CCCN1C(=O)OCc1ccccc1)N1C(=O)c2ccccc2C1=O. The molecule has 3 unspecified atom stereocenters. The maximum atomic E-state index is 13.6. The molecule has 3 atom stereocenters. The molecule has 1 N–H and O–H groups in total. The number of hydrazine groups is 1. The van der Waals surface area contributed by atoms with Gasteiger partial charge in [0.1, 0.15) is 29.8 Å². The van der Waals surface area contributed by atoms with Crippen LogP contribution in [-0.2, 0) is 30.5 Å². The third-order valence-corrected chi connectivity index (χ3v) is 7.52. The Kier molecular flexibility index (Phi) is 9.66. The number of hydrogen-bond acceptors (Lipinski definition) is 9. The molecule has 0 bridgehead atoms. The minimum absolute atomic E-state index is 0.0591. The number of fused-ring (bicyclic) bond motifs is 1. The molecule has 4 rings (SSSR count). The highest BCUT2D eigenvalue weighted by molar-refractivity contribution is 6.21. The van der Waals surface area contributed by atoms with Crippen LogP contribution in [0, 0.1) is 5.92 Å². The van der Waals surface area contributed by atoms with Gasteiger partial charge < -0.3 is 14.6 Å². The monoisotopic (exact) mass is 605 g/mol. The minimum Gasteiger partial charge on any atom is -0.477 e. The van der Waals surface area contributed by atoms with Crippen LogP contribution in [0.15, 0.2) is 60.2 Å². The number of carbonyl (C=O) groups is 5. The van der Waals surface area contributed by atoms with Crippen LogP contribution >= 0.6 is 0 Å². The van der Waals surface area contributed by atoms with E-state index in [2.05, 4.69) is 0 Å². The molecular formula is C32H35N3O9. The fraction of sp³-hybridized carbons (Fsp3) is 0.406. The zero-order chi connectivity index (χ0) is 32.2. The molecule has 2 aliphatic rings. The third kappa shape index (κ3) is 6.88. The first kappa shape index (κ1) is 32.1. The van der Waals surface area contributed by atoms with Gasteiger partial charge in [-0.05, 0) is 51.3 Å². The molecule has 44 heavy (non-hydrogen) atoms. The molecule has 2 aromatic carbocycles. The van der Waals surface area contributed by atoms with Crippen LogP contribution in [0.3, 0.4) is 0 Å². The van der Waals surface area contributed by atoms with E-state index in [1.165, 1.54) is 35.0 Å². The fourth-order valence-corrected chi connectivity index (χ4v) is 5.39. The van der Waals surface area contributed by atoms with Gasteiger partial charge in [0.15, 0.2) is 0 Å². The van der Waals surface area contributed by atoms with Crippen LogP contribution in [0.5, 0.6) is 0 Å². The Morgan fingerprint density at radius 2 is 1.59 bits per heavy atom. The van der Waals surface area contributed by atoms with Crippen molar-refractivity contribution in [3.8, 4) is 0 Å². The van der Waals surface area contributed by atoms with Crippen molar-refractivity contribution < 1.29 is 43.3 Å². The van der Waals surface area contributed by atoms with Gasteiger partial charge in [-0.25, -0.2) is 19.4 Å². The van der Waals surface area contributed by atoms with E-state index in [1.54, 1.807) is 57.2 Å².